The number of rotatable bonds is 4. The van der Waals surface area contributed by atoms with Gasteiger partial charge in [-0.15, -0.1) is 0 Å². The Balaban J connectivity index is 1.73. The first-order valence-corrected chi connectivity index (χ1v) is 12.5. The van der Waals surface area contributed by atoms with Crippen LogP contribution in [0.5, 0.6) is 0 Å². The molecule has 9 heteroatoms. The Morgan fingerprint density at radius 3 is 1.38 bits per heavy atom. The molecule has 1 aliphatic rings. The molecule has 0 N–H and O–H groups in total. The Hall–Kier alpha value is -1.45. The monoisotopic (exact) mass is 456 g/mol. The molecule has 1 saturated heterocycles. The van der Waals surface area contributed by atoms with E-state index < -0.39 is 20.0 Å². The molecule has 0 saturated carbocycles. The van der Waals surface area contributed by atoms with Gasteiger partial charge in [0.15, 0.2) is 0 Å². The molecule has 1 heterocycles. The summed E-state index contributed by atoms with van der Waals surface area (Å²) in [6.45, 7) is 6.62. The number of benzene rings is 2. The maximum atomic E-state index is 13.0. The molecule has 0 radical (unpaired) electrons. The SMILES string of the molecule is CC(C)(C)c1ccc(S(=O)(=O)N2CCN(S(=O)(=O)c3ccc(Cl)cc3)CC2)cc1. The molecule has 29 heavy (non-hydrogen) atoms. The summed E-state index contributed by atoms with van der Waals surface area (Å²) in [6, 6.07) is 12.9. The van der Waals surface area contributed by atoms with Crippen molar-refractivity contribution in [2.24, 2.45) is 0 Å². The van der Waals surface area contributed by atoms with Crippen molar-refractivity contribution >= 4 is 31.6 Å². The molecule has 6 nitrogen and oxygen atoms in total. The van der Waals surface area contributed by atoms with Crippen LogP contribution >= 0.6 is 11.6 Å². The van der Waals surface area contributed by atoms with E-state index in [0.29, 0.717) is 5.02 Å². The predicted molar refractivity (Wildman–Crippen MR) is 114 cm³/mol. The molecule has 1 aliphatic heterocycles. The Kier molecular flexibility index (Phi) is 6.13. The third kappa shape index (κ3) is 4.67. The number of sulfonamides is 2. The van der Waals surface area contributed by atoms with Gasteiger partial charge in [0.05, 0.1) is 9.79 Å². The van der Waals surface area contributed by atoms with Crippen LogP contribution in [0.1, 0.15) is 26.3 Å². The molecule has 2 aromatic carbocycles. The summed E-state index contributed by atoms with van der Waals surface area (Å²) in [7, 11) is -7.35. The van der Waals surface area contributed by atoms with E-state index in [9.17, 15) is 16.8 Å². The highest BCUT2D eigenvalue weighted by atomic mass is 35.5. The second kappa shape index (κ2) is 8.00. The fraction of sp³-hybridized carbons (Fsp3) is 0.400. The molecule has 0 aliphatic carbocycles. The van der Waals surface area contributed by atoms with Crippen molar-refractivity contribution in [1.82, 2.24) is 8.61 Å². The molecular weight excluding hydrogens is 432 g/mol. The molecule has 3 rings (SSSR count). The maximum Gasteiger partial charge on any atom is 0.243 e. The predicted octanol–water partition coefficient (Wildman–Crippen LogP) is 3.33. The Morgan fingerprint density at radius 1 is 0.690 bits per heavy atom. The van der Waals surface area contributed by atoms with Crippen LogP contribution in [0, 0.1) is 0 Å². The summed E-state index contributed by atoms with van der Waals surface area (Å²) in [6.07, 6.45) is 0. The van der Waals surface area contributed by atoms with Gasteiger partial charge < -0.3 is 0 Å². The molecule has 2 aromatic rings. The fourth-order valence-electron chi connectivity index (χ4n) is 3.18. The molecule has 1 fully saturated rings. The Morgan fingerprint density at radius 2 is 1.03 bits per heavy atom. The van der Waals surface area contributed by atoms with Gasteiger partial charge in [-0.25, -0.2) is 16.8 Å². The first-order chi connectivity index (χ1) is 13.4. The van der Waals surface area contributed by atoms with Crippen LogP contribution in [-0.2, 0) is 25.5 Å². The van der Waals surface area contributed by atoms with Crippen molar-refractivity contribution < 1.29 is 16.8 Å². The van der Waals surface area contributed by atoms with Crippen LogP contribution < -0.4 is 0 Å². The summed E-state index contributed by atoms with van der Waals surface area (Å²) < 4.78 is 54.1. The van der Waals surface area contributed by atoms with Crippen LogP contribution in [-0.4, -0.2) is 51.6 Å². The third-order valence-corrected chi connectivity index (χ3v) is 9.08. The van der Waals surface area contributed by atoms with E-state index >= 15 is 0 Å². The second-order valence-corrected chi connectivity index (χ2v) is 12.3. The van der Waals surface area contributed by atoms with Crippen LogP contribution in [0.25, 0.3) is 0 Å². The van der Waals surface area contributed by atoms with Gasteiger partial charge in [0.1, 0.15) is 0 Å². The zero-order chi connectivity index (χ0) is 21.4. The van der Waals surface area contributed by atoms with Crippen LogP contribution in [0.4, 0.5) is 0 Å². The van der Waals surface area contributed by atoms with Crippen molar-refractivity contribution in [2.75, 3.05) is 26.2 Å². The van der Waals surface area contributed by atoms with E-state index in [4.69, 9.17) is 11.6 Å². The minimum absolute atomic E-state index is 0.0655. The van der Waals surface area contributed by atoms with E-state index in [2.05, 4.69) is 20.8 Å². The van der Waals surface area contributed by atoms with Gasteiger partial charge in [0.25, 0.3) is 0 Å². The van der Waals surface area contributed by atoms with Gasteiger partial charge in [0, 0.05) is 31.2 Å². The lowest BCUT2D eigenvalue weighted by molar-refractivity contribution is 0.273. The van der Waals surface area contributed by atoms with Crippen molar-refractivity contribution in [2.45, 2.75) is 36.0 Å². The third-order valence-electron chi connectivity index (χ3n) is 5.01. The lowest BCUT2D eigenvalue weighted by Crippen LogP contribution is -2.50. The van der Waals surface area contributed by atoms with Crippen LogP contribution in [0.15, 0.2) is 58.3 Å². The number of halogens is 1. The van der Waals surface area contributed by atoms with Crippen LogP contribution in [0.2, 0.25) is 5.02 Å². The second-order valence-electron chi connectivity index (χ2n) is 8.04. The highest BCUT2D eigenvalue weighted by Crippen LogP contribution is 2.26. The summed E-state index contributed by atoms with van der Waals surface area (Å²) in [4.78, 5) is 0.371. The zero-order valence-electron chi connectivity index (χ0n) is 16.7. The van der Waals surface area contributed by atoms with Crippen LogP contribution in [0.3, 0.4) is 0 Å². The number of hydrogen-bond donors (Lipinski definition) is 0. The Labute approximate surface area is 178 Å². The minimum atomic E-state index is -3.68. The Bertz CT molecular complexity index is 1070. The van der Waals surface area contributed by atoms with E-state index in [0.717, 1.165) is 5.56 Å². The standard InChI is InChI=1S/C20H25ClN2O4S2/c1-20(2,3)16-4-8-18(9-5-16)28(24,25)22-12-14-23(15-13-22)29(26,27)19-10-6-17(21)7-11-19/h4-11H,12-15H2,1-3H3. The van der Waals surface area contributed by atoms with Crippen molar-refractivity contribution in [3.8, 4) is 0 Å². The lowest BCUT2D eigenvalue weighted by atomic mass is 9.87. The van der Waals surface area contributed by atoms with Gasteiger partial charge in [-0.1, -0.05) is 44.5 Å². The highest BCUT2D eigenvalue weighted by molar-refractivity contribution is 7.89. The van der Waals surface area contributed by atoms with Crippen molar-refractivity contribution in [3.05, 3.63) is 59.1 Å². The quantitative estimate of drug-likeness (QED) is 0.707. The summed E-state index contributed by atoms with van der Waals surface area (Å²) in [5, 5.41) is 0.456. The smallest absolute Gasteiger partial charge is 0.207 e. The lowest BCUT2D eigenvalue weighted by Gasteiger charge is -2.33. The van der Waals surface area contributed by atoms with E-state index in [-0.39, 0.29) is 41.4 Å². The fourth-order valence-corrected chi connectivity index (χ4v) is 6.15. The maximum absolute atomic E-state index is 13.0. The first kappa shape index (κ1) is 22.2. The minimum Gasteiger partial charge on any atom is -0.207 e. The number of piperazine rings is 1. The number of nitrogens with zero attached hydrogens (tertiary/aromatic N) is 2. The van der Waals surface area contributed by atoms with Gasteiger partial charge in [-0.3, -0.25) is 0 Å². The average Bonchev–Trinajstić information content (AvgIpc) is 2.68. The average molecular weight is 457 g/mol. The van der Waals surface area contributed by atoms with Crippen molar-refractivity contribution in [3.63, 3.8) is 0 Å². The largest absolute Gasteiger partial charge is 0.243 e. The molecule has 0 bridgehead atoms. The summed E-state index contributed by atoms with van der Waals surface area (Å²) in [5.41, 5.74) is 0.986. The summed E-state index contributed by atoms with van der Waals surface area (Å²) in [5.74, 6) is 0. The van der Waals surface area contributed by atoms with Crippen molar-refractivity contribution in [1.29, 1.82) is 0 Å². The topological polar surface area (TPSA) is 74.8 Å². The van der Waals surface area contributed by atoms with Gasteiger partial charge in [0.2, 0.25) is 20.0 Å². The molecule has 0 spiro atoms. The van der Waals surface area contributed by atoms with E-state index in [1.165, 1.54) is 32.9 Å². The molecular formula is C20H25ClN2O4S2. The van der Waals surface area contributed by atoms with E-state index in [1.54, 1.807) is 12.1 Å². The van der Waals surface area contributed by atoms with E-state index in [1.807, 2.05) is 12.1 Å². The number of hydrogen-bond acceptors (Lipinski definition) is 4. The van der Waals surface area contributed by atoms with Gasteiger partial charge >= 0.3 is 0 Å². The zero-order valence-corrected chi connectivity index (χ0v) is 19.1. The molecule has 0 unspecified atom stereocenters. The molecule has 0 aromatic heterocycles. The first-order valence-electron chi connectivity index (χ1n) is 9.29. The molecule has 0 atom stereocenters. The van der Waals surface area contributed by atoms with Gasteiger partial charge in [-0.05, 0) is 47.4 Å². The summed E-state index contributed by atoms with van der Waals surface area (Å²) >= 11 is 5.83. The normalized spacial score (nSPS) is 17.4. The molecule has 0 amide bonds. The highest BCUT2D eigenvalue weighted by Gasteiger charge is 2.33. The van der Waals surface area contributed by atoms with Gasteiger partial charge in [-0.2, -0.15) is 8.61 Å². The molecule has 158 valence electrons.